The quantitative estimate of drug-likeness (QED) is 0.0169. The Morgan fingerprint density at radius 1 is 0.647 bits per heavy atom. The van der Waals surface area contributed by atoms with Crippen LogP contribution in [0.1, 0.15) is 162 Å². The minimum absolute atomic E-state index is 0.0405. The molecular weight excluding hydrogens is 661 g/mol. The number of esters is 1. The van der Waals surface area contributed by atoms with Crippen molar-refractivity contribution >= 4 is 13.8 Å². The summed E-state index contributed by atoms with van der Waals surface area (Å²) in [6, 6.07) is 0. The van der Waals surface area contributed by atoms with E-state index in [9.17, 15) is 14.3 Å². The van der Waals surface area contributed by atoms with Crippen LogP contribution < -0.4 is 0 Å². The van der Waals surface area contributed by atoms with Crippen LogP contribution in [0.2, 0.25) is 0 Å². The number of unbranched alkanes of at least 4 members (excludes halogenated alkanes) is 17. The van der Waals surface area contributed by atoms with E-state index in [1.807, 2.05) is 27.2 Å². The van der Waals surface area contributed by atoms with Gasteiger partial charge in [0.05, 0.1) is 34.0 Å². The summed E-state index contributed by atoms with van der Waals surface area (Å²) in [5.74, 6) is -0.354. The molecule has 0 heterocycles. The third kappa shape index (κ3) is 39.3. The molecule has 0 aromatic rings. The number of likely N-dealkylation sites (N-methyl/N-ethyl adjacent to an activating group) is 1. The zero-order chi connectivity index (χ0) is 37.7. The molecule has 0 spiro atoms. The molecule has 0 saturated heterocycles. The van der Waals surface area contributed by atoms with Crippen LogP contribution in [-0.4, -0.2) is 69.0 Å². The van der Waals surface area contributed by atoms with Crippen LogP contribution in [0.5, 0.6) is 0 Å². The van der Waals surface area contributed by atoms with Gasteiger partial charge in [-0.25, -0.2) is 4.57 Å². The van der Waals surface area contributed by atoms with Crippen LogP contribution in [0.25, 0.3) is 0 Å². The largest absolute Gasteiger partial charge is 0.498 e. The number of allylic oxidation sites excluding steroid dienone is 7. The molecule has 0 bridgehead atoms. The molecule has 2 atom stereocenters. The highest BCUT2D eigenvalue weighted by atomic mass is 31.2. The molecule has 1 N–H and O–H groups in total. The Bertz CT molecular complexity index is 957. The lowest BCUT2D eigenvalue weighted by Gasteiger charge is -2.24. The highest BCUT2D eigenvalue weighted by molar-refractivity contribution is 7.47. The van der Waals surface area contributed by atoms with Crippen molar-refractivity contribution in [3.63, 3.8) is 0 Å². The van der Waals surface area contributed by atoms with Gasteiger partial charge >= 0.3 is 13.8 Å². The normalized spacial score (nSPS) is 14.3. The summed E-state index contributed by atoms with van der Waals surface area (Å²) in [7, 11) is 1.62. The summed E-state index contributed by atoms with van der Waals surface area (Å²) in [4.78, 5) is 22.8. The summed E-state index contributed by atoms with van der Waals surface area (Å²) in [6.07, 6.45) is 42.3. The van der Waals surface area contributed by atoms with Gasteiger partial charge in [-0.05, 0) is 57.4 Å². The van der Waals surface area contributed by atoms with E-state index in [1.165, 1.54) is 70.6 Å². The molecule has 0 saturated carbocycles. The maximum atomic E-state index is 12.6. The first-order valence-corrected chi connectivity index (χ1v) is 21.9. The Kier molecular flexibility index (Phi) is 34.2. The molecule has 9 heteroatoms. The van der Waals surface area contributed by atoms with Crippen molar-refractivity contribution in [3.05, 3.63) is 48.8 Å². The van der Waals surface area contributed by atoms with Gasteiger partial charge in [0.1, 0.15) is 19.8 Å². The summed E-state index contributed by atoms with van der Waals surface area (Å²) in [5.41, 5.74) is 0. The van der Waals surface area contributed by atoms with Gasteiger partial charge in [-0.15, -0.1) is 0 Å². The van der Waals surface area contributed by atoms with E-state index in [0.717, 1.165) is 70.6 Å². The zero-order valence-electron chi connectivity index (χ0n) is 33.6. The lowest BCUT2D eigenvalue weighted by Crippen LogP contribution is -2.37. The molecular formula is C42H79NO7P+. The Morgan fingerprint density at radius 2 is 1.16 bits per heavy atom. The lowest BCUT2D eigenvalue weighted by atomic mass is 10.0. The van der Waals surface area contributed by atoms with Gasteiger partial charge in [0.2, 0.25) is 0 Å². The molecule has 0 radical (unpaired) electrons. The van der Waals surface area contributed by atoms with Gasteiger partial charge < -0.3 is 18.9 Å². The second kappa shape index (κ2) is 35.3. The van der Waals surface area contributed by atoms with Crippen molar-refractivity contribution in [2.45, 2.75) is 168 Å². The first kappa shape index (κ1) is 49.3. The van der Waals surface area contributed by atoms with E-state index in [2.05, 4.69) is 50.3 Å². The molecule has 51 heavy (non-hydrogen) atoms. The average Bonchev–Trinajstić information content (AvgIpc) is 3.08. The van der Waals surface area contributed by atoms with E-state index in [0.29, 0.717) is 17.4 Å². The fraction of sp³-hybridized carbons (Fsp3) is 0.786. The minimum atomic E-state index is -4.29. The first-order chi connectivity index (χ1) is 24.6. The Labute approximate surface area is 314 Å². The SMILES string of the molecule is CC/C=C/C/C=C/C/C=C/CCCCCCCC(=O)O[C@H](CO/C=C/CCCCCCCCCCCCCC)COP(=O)(O)OCC[N+](C)(C)C. The van der Waals surface area contributed by atoms with Gasteiger partial charge in [-0.2, -0.15) is 0 Å². The molecule has 0 amide bonds. The lowest BCUT2D eigenvalue weighted by molar-refractivity contribution is -0.870. The topological polar surface area (TPSA) is 91.3 Å². The molecule has 1 unspecified atom stereocenters. The summed E-state index contributed by atoms with van der Waals surface area (Å²) in [6.45, 7) is 4.79. The Hall–Kier alpha value is -1.70. The fourth-order valence-electron chi connectivity index (χ4n) is 5.30. The maximum absolute atomic E-state index is 12.6. The monoisotopic (exact) mass is 741 g/mol. The third-order valence-corrected chi connectivity index (χ3v) is 9.45. The van der Waals surface area contributed by atoms with E-state index in [-0.39, 0.29) is 25.8 Å². The number of nitrogens with zero attached hydrogens (tertiary/aromatic N) is 1. The Balaban J connectivity index is 4.36. The van der Waals surface area contributed by atoms with Gasteiger partial charge in [0, 0.05) is 6.42 Å². The van der Waals surface area contributed by atoms with Gasteiger partial charge in [-0.3, -0.25) is 13.8 Å². The highest BCUT2D eigenvalue weighted by Crippen LogP contribution is 2.43. The number of hydrogen-bond acceptors (Lipinski definition) is 6. The predicted octanol–water partition coefficient (Wildman–Crippen LogP) is 11.9. The molecule has 0 aliphatic heterocycles. The van der Waals surface area contributed by atoms with Crippen LogP contribution in [0.4, 0.5) is 0 Å². The second-order valence-electron chi connectivity index (χ2n) is 14.7. The highest BCUT2D eigenvalue weighted by Gasteiger charge is 2.26. The first-order valence-electron chi connectivity index (χ1n) is 20.4. The van der Waals surface area contributed by atoms with E-state index in [1.54, 1.807) is 6.26 Å². The van der Waals surface area contributed by atoms with Crippen molar-refractivity contribution in [2.75, 3.05) is 47.5 Å². The van der Waals surface area contributed by atoms with E-state index >= 15 is 0 Å². The van der Waals surface area contributed by atoms with Crippen LogP contribution >= 0.6 is 7.82 Å². The molecule has 0 aromatic heterocycles. The smallest absolute Gasteiger partial charge is 0.472 e. The number of phosphoric ester groups is 1. The van der Waals surface area contributed by atoms with Gasteiger partial charge in [0.15, 0.2) is 6.10 Å². The molecule has 0 aromatic carbocycles. The number of phosphoric acid groups is 1. The maximum Gasteiger partial charge on any atom is 0.472 e. The number of quaternary nitrogens is 1. The minimum Gasteiger partial charge on any atom is -0.498 e. The van der Waals surface area contributed by atoms with Crippen LogP contribution in [-0.2, 0) is 27.9 Å². The number of ether oxygens (including phenoxy) is 2. The van der Waals surface area contributed by atoms with Crippen molar-refractivity contribution < 1.29 is 37.3 Å². The third-order valence-electron chi connectivity index (χ3n) is 8.47. The number of carbonyl (C=O) groups excluding carboxylic acids is 1. The molecule has 0 rings (SSSR count). The fourth-order valence-corrected chi connectivity index (χ4v) is 6.04. The summed E-state index contributed by atoms with van der Waals surface area (Å²) < 4.78 is 34.6. The predicted molar refractivity (Wildman–Crippen MR) is 215 cm³/mol. The number of hydrogen-bond donors (Lipinski definition) is 1. The standard InChI is InChI=1S/C42H78NO7P/c1-6-8-10-12-14-16-18-20-22-23-25-27-29-31-33-35-42(44)50-41(40-49-51(45,46)48-38-36-43(3,4)5)39-47-37-34-32-30-28-26-24-21-19-17-15-13-11-9-7-2/h8,10,14,16,20,22,34,37,41H,6-7,9,11-13,15,17-19,21,23-33,35-36,38-40H2,1-5H3/p+1/b10-8+,16-14+,22-20+,37-34+/t41-/m1/s1. The van der Waals surface area contributed by atoms with Crippen LogP contribution in [0.3, 0.4) is 0 Å². The van der Waals surface area contributed by atoms with Crippen molar-refractivity contribution in [2.24, 2.45) is 0 Å². The van der Waals surface area contributed by atoms with Gasteiger partial charge in [0.25, 0.3) is 0 Å². The Morgan fingerprint density at radius 3 is 1.73 bits per heavy atom. The van der Waals surface area contributed by atoms with E-state index in [4.69, 9.17) is 18.5 Å². The van der Waals surface area contributed by atoms with Crippen molar-refractivity contribution in [1.29, 1.82) is 0 Å². The second-order valence-corrected chi connectivity index (χ2v) is 16.2. The molecule has 0 aliphatic rings. The van der Waals surface area contributed by atoms with Gasteiger partial charge in [-0.1, -0.05) is 140 Å². The molecule has 0 aliphatic carbocycles. The van der Waals surface area contributed by atoms with E-state index < -0.39 is 13.9 Å². The molecule has 0 fully saturated rings. The molecule has 298 valence electrons. The average molecular weight is 741 g/mol. The molecule has 8 nitrogen and oxygen atoms in total. The van der Waals surface area contributed by atoms with Crippen LogP contribution in [0, 0.1) is 0 Å². The number of rotatable bonds is 37. The van der Waals surface area contributed by atoms with Crippen molar-refractivity contribution in [1.82, 2.24) is 0 Å². The van der Waals surface area contributed by atoms with Crippen molar-refractivity contribution in [3.8, 4) is 0 Å². The zero-order valence-corrected chi connectivity index (χ0v) is 34.5. The van der Waals surface area contributed by atoms with Crippen LogP contribution in [0.15, 0.2) is 48.8 Å². The number of carbonyl (C=O) groups is 1. The summed E-state index contributed by atoms with van der Waals surface area (Å²) >= 11 is 0. The summed E-state index contributed by atoms with van der Waals surface area (Å²) in [5, 5.41) is 0.